The fraction of sp³-hybridized carbons (Fsp3) is 0.286. The van der Waals surface area contributed by atoms with Crippen molar-refractivity contribution in [2.75, 3.05) is 13.2 Å². The second kappa shape index (κ2) is 8.22. The van der Waals surface area contributed by atoms with E-state index < -0.39 is 0 Å². The molecule has 1 unspecified atom stereocenters. The third kappa shape index (κ3) is 3.61. The van der Waals surface area contributed by atoms with Crippen molar-refractivity contribution in [3.63, 3.8) is 0 Å². The van der Waals surface area contributed by atoms with E-state index in [9.17, 15) is 9.90 Å². The van der Waals surface area contributed by atoms with Gasteiger partial charge in [0, 0.05) is 25.1 Å². The molecule has 1 fully saturated rings. The molecule has 7 heteroatoms. The largest absolute Gasteiger partial charge is 0.842 e. The number of pyridine rings is 1. The van der Waals surface area contributed by atoms with Crippen LogP contribution in [-0.2, 0) is 16.1 Å². The van der Waals surface area contributed by atoms with Gasteiger partial charge in [0.1, 0.15) is 5.56 Å². The topological polar surface area (TPSA) is 79.2 Å². The van der Waals surface area contributed by atoms with Crippen LogP contribution in [0.4, 0.5) is 0 Å². The molecule has 0 bridgehead atoms. The summed E-state index contributed by atoms with van der Waals surface area (Å²) >= 11 is 0. The number of oxime groups is 1. The lowest BCUT2D eigenvalue weighted by Crippen LogP contribution is -2.44. The van der Waals surface area contributed by atoms with Crippen molar-refractivity contribution in [2.45, 2.75) is 25.5 Å². The quantitative estimate of drug-likeness (QED) is 0.369. The van der Waals surface area contributed by atoms with Gasteiger partial charge in [0.2, 0.25) is 0 Å². The predicted molar refractivity (Wildman–Crippen MR) is 102 cm³/mol. The van der Waals surface area contributed by atoms with Crippen molar-refractivity contribution in [1.29, 1.82) is 0 Å². The number of benzene rings is 1. The third-order valence-electron chi connectivity index (χ3n) is 4.72. The van der Waals surface area contributed by atoms with Crippen LogP contribution in [0.5, 0.6) is 5.88 Å². The molecule has 28 heavy (non-hydrogen) atoms. The Kier molecular flexibility index (Phi) is 5.34. The summed E-state index contributed by atoms with van der Waals surface area (Å²) in [6.45, 7) is 1.65. The van der Waals surface area contributed by atoms with Crippen LogP contribution in [0.25, 0.3) is 16.8 Å². The van der Waals surface area contributed by atoms with E-state index >= 15 is 0 Å². The minimum atomic E-state index is -0.318. The van der Waals surface area contributed by atoms with Crippen LogP contribution in [0.2, 0.25) is 0 Å². The molecule has 0 aliphatic carbocycles. The summed E-state index contributed by atoms with van der Waals surface area (Å²) < 4.78 is 8.35. The highest BCUT2D eigenvalue weighted by molar-refractivity contribution is 5.66. The first kappa shape index (κ1) is 18.2. The van der Waals surface area contributed by atoms with E-state index in [2.05, 4.69) is 5.16 Å². The van der Waals surface area contributed by atoms with Crippen molar-refractivity contribution >= 4 is 11.9 Å². The minimum absolute atomic E-state index is 0.000196. The monoisotopic (exact) mass is 379 g/mol. The molecule has 0 saturated carbocycles. The number of nitrogens with zero attached hydrogens (tertiary/aromatic N) is 3. The molecule has 1 saturated heterocycles. The van der Waals surface area contributed by atoms with Gasteiger partial charge in [-0.15, -0.1) is 0 Å². The third-order valence-corrected chi connectivity index (χ3v) is 4.72. The SMILES string of the molecule is O=c1c(-c2ccccc2)c([O-])[n+](CC/C=N/OC2CCOC2)c2ccccn12. The Morgan fingerprint density at radius 1 is 1.25 bits per heavy atom. The smallest absolute Gasteiger partial charge is 0.349 e. The number of rotatable bonds is 6. The first-order chi connectivity index (χ1) is 13.8. The van der Waals surface area contributed by atoms with E-state index in [-0.39, 0.29) is 23.1 Å². The van der Waals surface area contributed by atoms with Crippen molar-refractivity contribution in [2.24, 2.45) is 5.16 Å². The van der Waals surface area contributed by atoms with E-state index in [1.54, 1.807) is 41.2 Å². The van der Waals surface area contributed by atoms with Crippen LogP contribution in [0.1, 0.15) is 12.8 Å². The summed E-state index contributed by atoms with van der Waals surface area (Å²) in [5.41, 5.74) is 1.01. The van der Waals surface area contributed by atoms with Gasteiger partial charge in [0.25, 0.3) is 5.65 Å². The molecule has 1 aliphatic heterocycles. The average molecular weight is 379 g/mol. The maximum Gasteiger partial charge on any atom is 0.349 e. The number of hydrogen-bond donors (Lipinski definition) is 0. The molecule has 1 aliphatic rings. The van der Waals surface area contributed by atoms with Gasteiger partial charge in [-0.3, -0.25) is 0 Å². The van der Waals surface area contributed by atoms with Gasteiger partial charge in [-0.2, -0.15) is 4.40 Å². The maximum atomic E-state index is 13.1. The van der Waals surface area contributed by atoms with Crippen molar-refractivity contribution < 1.29 is 19.2 Å². The van der Waals surface area contributed by atoms with Crippen LogP contribution in [0, 0.1) is 0 Å². The zero-order valence-corrected chi connectivity index (χ0v) is 15.4. The summed E-state index contributed by atoms with van der Waals surface area (Å²) in [6, 6.07) is 14.4. The first-order valence-corrected chi connectivity index (χ1v) is 9.31. The highest BCUT2D eigenvalue weighted by Crippen LogP contribution is 2.21. The lowest BCUT2D eigenvalue weighted by atomic mass is 10.1. The van der Waals surface area contributed by atoms with Crippen LogP contribution in [0.15, 0.2) is 64.7 Å². The van der Waals surface area contributed by atoms with Gasteiger partial charge >= 0.3 is 5.56 Å². The van der Waals surface area contributed by atoms with Crippen LogP contribution >= 0.6 is 0 Å². The average Bonchev–Trinajstić information content (AvgIpc) is 3.24. The number of ether oxygens (including phenoxy) is 1. The molecule has 0 spiro atoms. The number of fused-ring (bicyclic) bond motifs is 1. The van der Waals surface area contributed by atoms with E-state index in [4.69, 9.17) is 9.57 Å². The molecule has 1 atom stereocenters. The Morgan fingerprint density at radius 3 is 2.86 bits per heavy atom. The standard InChI is InChI=1S/C21H21N3O4/c25-20-19(16-7-2-1-3-8-16)21(26)24(18-9-4-5-12-23(18)20)13-6-11-22-28-17-10-14-27-15-17/h1-5,7-9,11-12,17H,6,10,13-15H2/b22-11+. The molecule has 0 amide bonds. The first-order valence-electron chi connectivity index (χ1n) is 9.31. The molecule has 0 radical (unpaired) electrons. The van der Waals surface area contributed by atoms with E-state index in [0.717, 1.165) is 6.42 Å². The lowest BCUT2D eigenvalue weighted by Gasteiger charge is -2.16. The molecular formula is C21H21N3O4. The van der Waals surface area contributed by atoms with Crippen molar-refractivity contribution in [3.05, 3.63) is 65.1 Å². The van der Waals surface area contributed by atoms with Gasteiger partial charge in [0.15, 0.2) is 6.10 Å². The highest BCUT2D eigenvalue weighted by Gasteiger charge is 2.19. The number of hydrogen-bond acceptors (Lipinski definition) is 5. The van der Waals surface area contributed by atoms with Crippen molar-refractivity contribution in [3.8, 4) is 17.0 Å². The molecule has 1 aromatic carbocycles. The van der Waals surface area contributed by atoms with E-state index in [1.807, 2.05) is 24.3 Å². The molecular weight excluding hydrogens is 358 g/mol. The molecule has 3 heterocycles. The van der Waals surface area contributed by atoms with Crippen LogP contribution in [-0.4, -0.2) is 29.9 Å². The van der Waals surface area contributed by atoms with Gasteiger partial charge in [0.05, 0.1) is 31.8 Å². The molecule has 0 N–H and O–H groups in total. The lowest BCUT2D eigenvalue weighted by molar-refractivity contribution is -0.714. The molecule has 144 valence electrons. The zero-order valence-electron chi connectivity index (χ0n) is 15.4. The van der Waals surface area contributed by atoms with E-state index in [1.165, 1.54) is 4.40 Å². The van der Waals surface area contributed by atoms with Crippen molar-refractivity contribution in [1.82, 2.24) is 4.40 Å². The van der Waals surface area contributed by atoms with Gasteiger partial charge < -0.3 is 14.7 Å². The van der Waals surface area contributed by atoms with Crippen LogP contribution < -0.4 is 15.2 Å². The number of aromatic nitrogens is 2. The van der Waals surface area contributed by atoms with Gasteiger partial charge in [-0.05, 0) is 11.6 Å². The Morgan fingerprint density at radius 2 is 2.07 bits per heavy atom. The fourth-order valence-corrected chi connectivity index (χ4v) is 3.31. The maximum absolute atomic E-state index is 13.1. The Labute approximate surface area is 162 Å². The predicted octanol–water partition coefficient (Wildman–Crippen LogP) is 1.51. The normalized spacial score (nSPS) is 16.8. The second-order valence-electron chi connectivity index (χ2n) is 6.60. The zero-order chi connectivity index (χ0) is 19.3. The molecule has 4 rings (SSSR count). The second-order valence-corrected chi connectivity index (χ2v) is 6.60. The summed E-state index contributed by atoms with van der Waals surface area (Å²) in [6.07, 6.45) is 4.67. The van der Waals surface area contributed by atoms with Gasteiger partial charge in [-0.25, -0.2) is 9.36 Å². The highest BCUT2D eigenvalue weighted by atomic mass is 16.7. The van der Waals surface area contributed by atoms with Gasteiger partial charge in [-0.1, -0.05) is 41.6 Å². The summed E-state index contributed by atoms with van der Waals surface area (Å²) in [5.74, 6) is -0.305. The Balaban J connectivity index is 1.65. The molecule has 3 aromatic rings. The Bertz CT molecular complexity index is 1040. The Hall–Kier alpha value is -3.19. The summed E-state index contributed by atoms with van der Waals surface area (Å²) in [4.78, 5) is 18.3. The van der Waals surface area contributed by atoms with E-state index in [0.29, 0.717) is 37.4 Å². The minimum Gasteiger partial charge on any atom is -0.842 e. The number of aryl methyl sites for hydroxylation is 1. The fourth-order valence-electron chi connectivity index (χ4n) is 3.31. The van der Waals surface area contributed by atoms with Crippen LogP contribution in [0.3, 0.4) is 0 Å². The molecule has 2 aromatic heterocycles. The summed E-state index contributed by atoms with van der Waals surface area (Å²) in [7, 11) is 0. The summed E-state index contributed by atoms with van der Waals surface area (Å²) in [5, 5.41) is 17.1. The molecule has 7 nitrogen and oxygen atoms in total.